The summed E-state index contributed by atoms with van der Waals surface area (Å²) in [6.45, 7) is 11.5. The van der Waals surface area contributed by atoms with Crippen LogP contribution >= 0.6 is 0 Å². The van der Waals surface area contributed by atoms with Crippen LogP contribution in [0.5, 0.6) is 0 Å². The second kappa shape index (κ2) is 8.93. The summed E-state index contributed by atoms with van der Waals surface area (Å²) in [6.07, 6.45) is 0.0196. The van der Waals surface area contributed by atoms with Gasteiger partial charge in [0.1, 0.15) is 0 Å². The predicted octanol–water partition coefficient (Wildman–Crippen LogP) is 1.10. The van der Waals surface area contributed by atoms with Crippen LogP contribution in [-0.4, -0.2) is 56.5 Å². The van der Waals surface area contributed by atoms with Crippen molar-refractivity contribution in [1.29, 1.82) is 0 Å². The third kappa shape index (κ3) is 6.43. The van der Waals surface area contributed by atoms with Crippen LogP contribution in [0.25, 0.3) is 0 Å². The highest BCUT2D eigenvalue weighted by molar-refractivity contribution is 4.67. The second-order valence-corrected chi connectivity index (χ2v) is 4.61. The standard InChI is InChI=1S/C12H28N2O2/c1-10(2)14(11(3)4)6-7-16-12(8-13)9-15-5/h10-12H,6-9,13H2,1-5H3. The van der Waals surface area contributed by atoms with Gasteiger partial charge in [0.25, 0.3) is 0 Å². The van der Waals surface area contributed by atoms with Crippen molar-refractivity contribution in [2.24, 2.45) is 5.73 Å². The maximum absolute atomic E-state index is 5.67. The molecule has 0 saturated heterocycles. The maximum atomic E-state index is 5.67. The number of nitrogens with two attached hydrogens (primary N) is 1. The van der Waals surface area contributed by atoms with E-state index >= 15 is 0 Å². The normalized spacial score (nSPS) is 14.1. The molecule has 0 radical (unpaired) electrons. The molecular weight excluding hydrogens is 204 g/mol. The summed E-state index contributed by atoms with van der Waals surface area (Å²) in [5, 5.41) is 0. The van der Waals surface area contributed by atoms with Crippen molar-refractivity contribution in [1.82, 2.24) is 4.90 Å². The van der Waals surface area contributed by atoms with E-state index < -0.39 is 0 Å². The van der Waals surface area contributed by atoms with Gasteiger partial charge in [-0.1, -0.05) is 0 Å². The van der Waals surface area contributed by atoms with Gasteiger partial charge >= 0.3 is 0 Å². The van der Waals surface area contributed by atoms with E-state index in [1.807, 2.05) is 0 Å². The van der Waals surface area contributed by atoms with E-state index in [-0.39, 0.29) is 6.10 Å². The Morgan fingerprint density at radius 2 is 1.69 bits per heavy atom. The van der Waals surface area contributed by atoms with Crippen LogP contribution in [0.3, 0.4) is 0 Å². The van der Waals surface area contributed by atoms with Gasteiger partial charge in [0.15, 0.2) is 0 Å². The smallest absolute Gasteiger partial charge is 0.0930 e. The van der Waals surface area contributed by atoms with Crippen molar-refractivity contribution >= 4 is 0 Å². The lowest BCUT2D eigenvalue weighted by molar-refractivity contribution is -0.0108. The Kier molecular flexibility index (Phi) is 8.84. The average molecular weight is 232 g/mol. The Morgan fingerprint density at radius 1 is 1.12 bits per heavy atom. The van der Waals surface area contributed by atoms with Crippen molar-refractivity contribution in [2.45, 2.75) is 45.9 Å². The van der Waals surface area contributed by atoms with Crippen LogP contribution in [0.4, 0.5) is 0 Å². The zero-order valence-corrected chi connectivity index (χ0v) is 11.4. The molecule has 0 fully saturated rings. The second-order valence-electron chi connectivity index (χ2n) is 4.61. The quantitative estimate of drug-likeness (QED) is 0.646. The van der Waals surface area contributed by atoms with Gasteiger partial charge in [-0.3, -0.25) is 4.90 Å². The van der Waals surface area contributed by atoms with Gasteiger partial charge in [-0.15, -0.1) is 0 Å². The van der Waals surface area contributed by atoms with E-state index in [1.165, 1.54) is 0 Å². The summed E-state index contributed by atoms with van der Waals surface area (Å²) in [6, 6.07) is 1.09. The molecule has 1 unspecified atom stereocenters. The highest BCUT2D eigenvalue weighted by atomic mass is 16.5. The summed E-state index contributed by atoms with van der Waals surface area (Å²) >= 11 is 0. The molecule has 1 atom stereocenters. The molecule has 98 valence electrons. The first kappa shape index (κ1) is 15.8. The molecule has 0 amide bonds. The Morgan fingerprint density at radius 3 is 2.06 bits per heavy atom. The molecule has 2 N–H and O–H groups in total. The highest BCUT2D eigenvalue weighted by Crippen LogP contribution is 2.04. The summed E-state index contributed by atoms with van der Waals surface area (Å²) in [4.78, 5) is 2.40. The van der Waals surface area contributed by atoms with Gasteiger partial charge in [-0.05, 0) is 27.7 Å². The number of rotatable bonds is 9. The largest absolute Gasteiger partial charge is 0.382 e. The van der Waals surface area contributed by atoms with Crippen LogP contribution in [0, 0.1) is 0 Å². The van der Waals surface area contributed by atoms with E-state index in [2.05, 4.69) is 32.6 Å². The van der Waals surface area contributed by atoms with Gasteiger partial charge in [0.05, 0.1) is 19.3 Å². The zero-order chi connectivity index (χ0) is 12.6. The van der Waals surface area contributed by atoms with Crippen LogP contribution in [0.2, 0.25) is 0 Å². The van der Waals surface area contributed by atoms with Crippen molar-refractivity contribution < 1.29 is 9.47 Å². The fourth-order valence-electron chi connectivity index (χ4n) is 1.81. The minimum absolute atomic E-state index is 0.0196. The first-order valence-corrected chi connectivity index (χ1v) is 6.09. The first-order valence-electron chi connectivity index (χ1n) is 6.09. The summed E-state index contributed by atoms with van der Waals surface area (Å²) < 4.78 is 10.7. The van der Waals surface area contributed by atoms with Gasteiger partial charge in [0, 0.05) is 32.3 Å². The molecule has 0 heterocycles. The molecule has 0 aromatic carbocycles. The molecule has 16 heavy (non-hydrogen) atoms. The van der Waals surface area contributed by atoms with E-state index in [1.54, 1.807) is 7.11 Å². The van der Waals surface area contributed by atoms with E-state index in [0.29, 0.717) is 31.8 Å². The molecule has 0 aromatic rings. The van der Waals surface area contributed by atoms with Crippen LogP contribution in [-0.2, 0) is 9.47 Å². The SMILES string of the molecule is COCC(CN)OCCN(C(C)C)C(C)C. The lowest BCUT2D eigenvalue weighted by Gasteiger charge is -2.30. The topological polar surface area (TPSA) is 47.7 Å². The van der Waals surface area contributed by atoms with Crippen LogP contribution < -0.4 is 5.73 Å². The number of nitrogens with zero attached hydrogens (tertiary/aromatic N) is 1. The third-order valence-corrected chi connectivity index (χ3v) is 2.65. The predicted molar refractivity (Wildman–Crippen MR) is 67.6 cm³/mol. The first-order chi connectivity index (χ1) is 7.52. The number of ether oxygens (including phenoxy) is 2. The number of hydrogen-bond acceptors (Lipinski definition) is 4. The summed E-state index contributed by atoms with van der Waals surface area (Å²) in [7, 11) is 1.67. The highest BCUT2D eigenvalue weighted by Gasteiger charge is 2.14. The van der Waals surface area contributed by atoms with Crippen LogP contribution in [0.15, 0.2) is 0 Å². The molecule has 0 bridgehead atoms. The van der Waals surface area contributed by atoms with Gasteiger partial charge in [0.2, 0.25) is 0 Å². The van der Waals surface area contributed by atoms with E-state index in [9.17, 15) is 0 Å². The van der Waals surface area contributed by atoms with Crippen molar-refractivity contribution in [3.8, 4) is 0 Å². The molecule has 0 rings (SSSR count). The van der Waals surface area contributed by atoms with E-state index in [0.717, 1.165) is 6.54 Å². The lowest BCUT2D eigenvalue weighted by atomic mass is 10.2. The third-order valence-electron chi connectivity index (χ3n) is 2.65. The summed E-state index contributed by atoms with van der Waals surface area (Å²) in [5.74, 6) is 0. The van der Waals surface area contributed by atoms with Crippen molar-refractivity contribution in [3.05, 3.63) is 0 Å². The fourth-order valence-corrected chi connectivity index (χ4v) is 1.81. The Hall–Kier alpha value is -0.160. The Bertz CT molecular complexity index is 155. The molecule has 0 spiro atoms. The molecule has 0 aliphatic carbocycles. The van der Waals surface area contributed by atoms with Crippen molar-refractivity contribution in [2.75, 3.05) is 33.4 Å². The van der Waals surface area contributed by atoms with Crippen molar-refractivity contribution in [3.63, 3.8) is 0 Å². The average Bonchev–Trinajstić information content (AvgIpc) is 2.21. The Labute approximate surface area is 100 Å². The Balaban J connectivity index is 3.84. The fraction of sp³-hybridized carbons (Fsp3) is 1.00. The monoisotopic (exact) mass is 232 g/mol. The molecule has 0 aromatic heterocycles. The van der Waals surface area contributed by atoms with E-state index in [4.69, 9.17) is 15.2 Å². The molecule has 0 saturated carbocycles. The number of methoxy groups -OCH3 is 1. The minimum atomic E-state index is 0.0196. The minimum Gasteiger partial charge on any atom is -0.382 e. The lowest BCUT2D eigenvalue weighted by Crippen LogP contribution is -2.40. The van der Waals surface area contributed by atoms with Gasteiger partial charge in [-0.2, -0.15) is 0 Å². The zero-order valence-electron chi connectivity index (χ0n) is 11.4. The van der Waals surface area contributed by atoms with Gasteiger partial charge < -0.3 is 15.2 Å². The van der Waals surface area contributed by atoms with Crippen LogP contribution in [0.1, 0.15) is 27.7 Å². The summed E-state index contributed by atoms with van der Waals surface area (Å²) in [5.41, 5.74) is 5.58. The number of hydrogen-bond donors (Lipinski definition) is 1. The molecule has 4 nitrogen and oxygen atoms in total. The van der Waals surface area contributed by atoms with Gasteiger partial charge in [-0.25, -0.2) is 0 Å². The molecule has 0 aliphatic heterocycles. The molecular formula is C12H28N2O2. The molecule has 4 heteroatoms. The molecule has 0 aliphatic rings. The maximum Gasteiger partial charge on any atom is 0.0930 e.